The van der Waals surface area contributed by atoms with Gasteiger partial charge in [-0.25, -0.2) is 9.97 Å². The van der Waals surface area contributed by atoms with Crippen LogP contribution in [0, 0.1) is 17.0 Å². The third-order valence-electron chi connectivity index (χ3n) is 2.35. The standard InChI is InChI=1S/C12H10BrN3O3/c1-8-2-3-11(10(4-8)16(17)18)19-12-14-6-9(5-13)7-15-12/h2-4,6-7H,5H2,1H3. The zero-order valence-electron chi connectivity index (χ0n) is 10.0. The summed E-state index contributed by atoms with van der Waals surface area (Å²) in [6.07, 6.45) is 3.19. The smallest absolute Gasteiger partial charge is 0.322 e. The van der Waals surface area contributed by atoms with Crippen LogP contribution in [-0.4, -0.2) is 14.9 Å². The SMILES string of the molecule is Cc1ccc(Oc2ncc(CBr)cn2)c([N+](=O)[O-])c1. The summed E-state index contributed by atoms with van der Waals surface area (Å²) in [5.74, 6) is 0.127. The molecule has 0 saturated heterocycles. The minimum absolute atomic E-state index is 0.0802. The van der Waals surface area contributed by atoms with Crippen molar-refractivity contribution in [3.8, 4) is 11.8 Å². The highest BCUT2D eigenvalue weighted by Gasteiger charge is 2.16. The van der Waals surface area contributed by atoms with E-state index in [4.69, 9.17) is 4.74 Å². The van der Waals surface area contributed by atoms with E-state index in [1.165, 1.54) is 12.1 Å². The van der Waals surface area contributed by atoms with Crippen LogP contribution in [0.2, 0.25) is 0 Å². The normalized spacial score (nSPS) is 10.2. The fourth-order valence-corrected chi connectivity index (χ4v) is 1.71. The first kappa shape index (κ1) is 13.4. The number of hydrogen-bond acceptors (Lipinski definition) is 5. The molecule has 2 aromatic rings. The molecule has 0 aliphatic rings. The molecule has 19 heavy (non-hydrogen) atoms. The number of ether oxygens (including phenoxy) is 1. The highest BCUT2D eigenvalue weighted by Crippen LogP contribution is 2.30. The summed E-state index contributed by atoms with van der Waals surface area (Å²) >= 11 is 3.28. The third-order valence-corrected chi connectivity index (χ3v) is 3.00. The van der Waals surface area contributed by atoms with Crippen LogP contribution in [0.5, 0.6) is 11.8 Å². The van der Waals surface area contributed by atoms with Crippen molar-refractivity contribution in [3.05, 3.63) is 51.8 Å². The summed E-state index contributed by atoms with van der Waals surface area (Å²) in [5, 5.41) is 11.6. The first-order valence-corrected chi connectivity index (χ1v) is 6.52. The van der Waals surface area contributed by atoms with Crippen molar-refractivity contribution in [2.24, 2.45) is 0 Å². The maximum absolute atomic E-state index is 10.9. The summed E-state index contributed by atoms with van der Waals surface area (Å²) < 4.78 is 5.35. The van der Waals surface area contributed by atoms with Gasteiger partial charge in [-0.15, -0.1) is 0 Å². The van der Waals surface area contributed by atoms with Crippen molar-refractivity contribution in [1.82, 2.24) is 9.97 Å². The summed E-state index contributed by atoms with van der Waals surface area (Å²) in [6, 6.07) is 4.80. The summed E-state index contributed by atoms with van der Waals surface area (Å²) in [6.45, 7) is 1.78. The van der Waals surface area contributed by atoms with E-state index in [1.807, 2.05) is 0 Å². The van der Waals surface area contributed by atoms with E-state index in [2.05, 4.69) is 25.9 Å². The van der Waals surface area contributed by atoms with E-state index in [-0.39, 0.29) is 17.4 Å². The lowest BCUT2D eigenvalue weighted by Gasteiger charge is -2.05. The van der Waals surface area contributed by atoms with Gasteiger partial charge in [-0.05, 0) is 24.1 Å². The average molecular weight is 324 g/mol. The number of nitrogens with zero attached hydrogens (tertiary/aromatic N) is 3. The van der Waals surface area contributed by atoms with Gasteiger partial charge >= 0.3 is 11.7 Å². The van der Waals surface area contributed by atoms with E-state index >= 15 is 0 Å². The van der Waals surface area contributed by atoms with Gasteiger partial charge in [0.2, 0.25) is 5.75 Å². The molecule has 98 valence electrons. The van der Waals surface area contributed by atoms with E-state index in [0.717, 1.165) is 11.1 Å². The van der Waals surface area contributed by atoms with Crippen LogP contribution in [0.4, 0.5) is 5.69 Å². The van der Waals surface area contributed by atoms with Gasteiger partial charge in [0, 0.05) is 23.8 Å². The summed E-state index contributed by atoms with van der Waals surface area (Å²) in [7, 11) is 0. The molecule has 0 aliphatic carbocycles. The predicted octanol–water partition coefficient (Wildman–Crippen LogP) is 3.38. The number of alkyl halides is 1. The average Bonchev–Trinajstić information content (AvgIpc) is 2.41. The van der Waals surface area contributed by atoms with E-state index < -0.39 is 4.92 Å². The third kappa shape index (κ3) is 3.25. The molecule has 0 radical (unpaired) electrons. The second-order valence-corrected chi connectivity index (χ2v) is 4.40. The van der Waals surface area contributed by atoms with Gasteiger partial charge < -0.3 is 4.74 Å². The van der Waals surface area contributed by atoms with Gasteiger partial charge in [-0.3, -0.25) is 10.1 Å². The molecule has 1 heterocycles. The molecule has 2 rings (SSSR count). The molecule has 7 heteroatoms. The lowest BCUT2D eigenvalue weighted by Crippen LogP contribution is -1.97. The molecule has 1 aromatic heterocycles. The zero-order valence-corrected chi connectivity index (χ0v) is 11.6. The van der Waals surface area contributed by atoms with Gasteiger partial charge in [0.1, 0.15) is 0 Å². The van der Waals surface area contributed by atoms with Crippen molar-refractivity contribution in [1.29, 1.82) is 0 Å². The van der Waals surface area contributed by atoms with Crippen LogP contribution < -0.4 is 4.74 Å². The van der Waals surface area contributed by atoms with Gasteiger partial charge in [0.05, 0.1) is 4.92 Å². The lowest BCUT2D eigenvalue weighted by molar-refractivity contribution is -0.385. The Morgan fingerprint density at radius 2 is 2.05 bits per heavy atom. The van der Waals surface area contributed by atoms with E-state index in [0.29, 0.717) is 5.33 Å². The second kappa shape index (κ2) is 5.75. The molecule has 0 aliphatic heterocycles. The molecule has 0 amide bonds. The molecule has 0 fully saturated rings. The molecule has 0 N–H and O–H groups in total. The van der Waals surface area contributed by atoms with Gasteiger partial charge in [-0.2, -0.15) is 0 Å². The molecular formula is C12H10BrN3O3. The van der Waals surface area contributed by atoms with Crippen LogP contribution in [0.15, 0.2) is 30.6 Å². The Bertz CT molecular complexity index is 602. The van der Waals surface area contributed by atoms with Crippen LogP contribution in [-0.2, 0) is 5.33 Å². The van der Waals surface area contributed by atoms with E-state index in [1.54, 1.807) is 25.4 Å². The molecule has 0 bridgehead atoms. The molecule has 1 aromatic carbocycles. The topological polar surface area (TPSA) is 78.2 Å². The fourth-order valence-electron chi connectivity index (χ4n) is 1.42. The Hall–Kier alpha value is -2.02. The predicted molar refractivity (Wildman–Crippen MR) is 72.6 cm³/mol. The number of aromatic nitrogens is 2. The van der Waals surface area contributed by atoms with Crippen LogP contribution in [0.1, 0.15) is 11.1 Å². The molecular weight excluding hydrogens is 314 g/mol. The summed E-state index contributed by atoms with van der Waals surface area (Å²) in [5.41, 5.74) is 1.58. The minimum Gasteiger partial charge on any atom is -0.417 e. The summed E-state index contributed by atoms with van der Waals surface area (Å²) in [4.78, 5) is 18.4. The fraction of sp³-hybridized carbons (Fsp3) is 0.167. The Labute approximate surface area is 117 Å². The van der Waals surface area contributed by atoms with Gasteiger partial charge in [0.15, 0.2) is 0 Å². The number of halogens is 1. The maximum atomic E-state index is 10.9. The van der Waals surface area contributed by atoms with Crippen LogP contribution >= 0.6 is 15.9 Å². The number of rotatable bonds is 4. The molecule has 0 saturated carbocycles. The van der Waals surface area contributed by atoms with Crippen molar-refractivity contribution in [2.75, 3.05) is 0 Å². The van der Waals surface area contributed by atoms with Crippen molar-refractivity contribution in [2.45, 2.75) is 12.3 Å². The Balaban J connectivity index is 2.29. The first-order chi connectivity index (χ1) is 9.10. The molecule has 0 unspecified atom stereocenters. The number of nitro groups is 1. The maximum Gasteiger partial charge on any atom is 0.322 e. The Morgan fingerprint density at radius 1 is 1.37 bits per heavy atom. The van der Waals surface area contributed by atoms with Crippen LogP contribution in [0.3, 0.4) is 0 Å². The molecule has 0 atom stereocenters. The first-order valence-electron chi connectivity index (χ1n) is 5.40. The van der Waals surface area contributed by atoms with Gasteiger partial charge in [0.25, 0.3) is 0 Å². The number of hydrogen-bond donors (Lipinski definition) is 0. The largest absolute Gasteiger partial charge is 0.417 e. The highest BCUT2D eigenvalue weighted by molar-refractivity contribution is 9.08. The van der Waals surface area contributed by atoms with Crippen molar-refractivity contribution < 1.29 is 9.66 Å². The molecule has 6 nitrogen and oxygen atoms in total. The monoisotopic (exact) mass is 323 g/mol. The second-order valence-electron chi connectivity index (χ2n) is 3.84. The highest BCUT2D eigenvalue weighted by atomic mass is 79.9. The van der Waals surface area contributed by atoms with Crippen molar-refractivity contribution in [3.63, 3.8) is 0 Å². The lowest BCUT2D eigenvalue weighted by atomic mass is 10.2. The minimum atomic E-state index is -0.491. The quantitative estimate of drug-likeness (QED) is 0.489. The Kier molecular flexibility index (Phi) is 4.06. The van der Waals surface area contributed by atoms with E-state index in [9.17, 15) is 10.1 Å². The van der Waals surface area contributed by atoms with Crippen LogP contribution in [0.25, 0.3) is 0 Å². The number of aryl methyl sites for hydroxylation is 1. The molecule has 0 spiro atoms. The number of benzene rings is 1. The number of nitro benzene ring substituents is 1. The zero-order chi connectivity index (χ0) is 13.8. The van der Waals surface area contributed by atoms with Gasteiger partial charge in [-0.1, -0.05) is 22.0 Å². The van der Waals surface area contributed by atoms with Crippen molar-refractivity contribution >= 4 is 21.6 Å². The Morgan fingerprint density at radius 3 is 2.63 bits per heavy atom.